The van der Waals surface area contributed by atoms with Crippen molar-refractivity contribution in [2.75, 3.05) is 0 Å². The number of allylic oxidation sites excluding steroid dienone is 5. The van der Waals surface area contributed by atoms with Gasteiger partial charge < -0.3 is 0 Å². The van der Waals surface area contributed by atoms with Gasteiger partial charge in [-0.1, -0.05) is 31.4 Å². The van der Waals surface area contributed by atoms with Crippen LogP contribution in [0.5, 0.6) is 0 Å². The van der Waals surface area contributed by atoms with E-state index in [1.165, 1.54) is 30.3 Å². The molecule has 0 heterocycles. The molecule has 1 aromatic rings. The van der Waals surface area contributed by atoms with E-state index in [-0.39, 0.29) is 5.57 Å². The third-order valence-corrected chi connectivity index (χ3v) is 2.50. The van der Waals surface area contributed by atoms with Crippen LogP contribution in [-0.4, -0.2) is 0 Å². The Balaban J connectivity index is 3.31. The van der Waals surface area contributed by atoms with Gasteiger partial charge in [-0.15, -0.1) is 6.58 Å². The second-order valence-corrected chi connectivity index (χ2v) is 3.64. The van der Waals surface area contributed by atoms with Gasteiger partial charge in [-0.25, -0.2) is 13.2 Å². The van der Waals surface area contributed by atoms with Crippen LogP contribution in [0.3, 0.4) is 0 Å². The van der Waals surface area contributed by atoms with E-state index in [0.29, 0.717) is 5.56 Å². The highest BCUT2D eigenvalue weighted by Gasteiger charge is 2.20. The Morgan fingerprint density at radius 1 is 1.11 bits per heavy atom. The van der Waals surface area contributed by atoms with E-state index in [1.54, 1.807) is 0 Å². The van der Waals surface area contributed by atoms with Crippen molar-refractivity contribution in [3.05, 3.63) is 84.8 Å². The number of rotatable bonds is 5. The molecule has 1 unspecified atom stereocenters. The maximum atomic E-state index is 13.6. The van der Waals surface area contributed by atoms with Crippen LogP contribution in [0.4, 0.5) is 13.2 Å². The van der Waals surface area contributed by atoms with Gasteiger partial charge in [0.1, 0.15) is 17.5 Å². The first-order valence-corrected chi connectivity index (χ1v) is 5.26. The van der Waals surface area contributed by atoms with Crippen molar-refractivity contribution in [3.8, 4) is 0 Å². The molecular formula is C15H13F3. The third kappa shape index (κ3) is 3.00. The fourth-order valence-corrected chi connectivity index (χ4v) is 1.65. The number of hydrogen-bond acceptors (Lipinski definition) is 0. The summed E-state index contributed by atoms with van der Waals surface area (Å²) in [6.45, 7) is 9.90. The first-order chi connectivity index (χ1) is 8.51. The summed E-state index contributed by atoms with van der Waals surface area (Å²) in [5, 5.41) is 0. The number of benzene rings is 1. The Labute approximate surface area is 104 Å². The summed E-state index contributed by atoms with van der Waals surface area (Å²) in [6.07, 6.45) is 2.27. The summed E-state index contributed by atoms with van der Waals surface area (Å²) < 4.78 is 39.8. The minimum Gasteiger partial charge on any atom is -0.207 e. The molecule has 0 saturated carbocycles. The largest absolute Gasteiger partial charge is 0.207 e. The maximum absolute atomic E-state index is 13.6. The lowest BCUT2D eigenvalue weighted by atomic mass is 9.90. The van der Waals surface area contributed by atoms with Crippen molar-refractivity contribution in [3.63, 3.8) is 0 Å². The summed E-state index contributed by atoms with van der Waals surface area (Å²) >= 11 is 0. The molecule has 0 fully saturated rings. The normalized spacial score (nSPS) is 13.5. The maximum Gasteiger partial charge on any atom is 0.129 e. The molecule has 0 spiro atoms. The molecule has 0 aliphatic carbocycles. The Kier molecular flexibility index (Phi) is 4.72. The Morgan fingerprint density at radius 2 is 1.67 bits per heavy atom. The molecule has 0 saturated heterocycles. The van der Waals surface area contributed by atoms with Crippen molar-refractivity contribution in [2.24, 2.45) is 0 Å². The molecule has 94 valence electrons. The smallest absolute Gasteiger partial charge is 0.129 e. The molecule has 1 aromatic carbocycles. The predicted octanol–water partition coefficient (Wildman–Crippen LogP) is 4.99. The quantitative estimate of drug-likeness (QED) is 0.510. The van der Waals surface area contributed by atoms with Gasteiger partial charge >= 0.3 is 0 Å². The average Bonchev–Trinajstić information content (AvgIpc) is 2.35. The van der Waals surface area contributed by atoms with Crippen molar-refractivity contribution < 1.29 is 13.2 Å². The van der Waals surface area contributed by atoms with Crippen LogP contribution < -0.4 is 0 Å². The fraction of sp³-hybridized carbons (Fsp3) is 0.0667. The second kappa shape index (κ2) is 6.05. The molecule has 0 bridgehead atoms. The summed E-state index contributed by atoms with van der Waals surface area (Å²) in [6, 6.07) is 5.33. The predicted molar refractivity (Wildman–Crippen MR) is 67.9 cm³/mol. The van der Waals surface area contributed by atoms with Crippen LogP contribution in [0.2, 0.25) is 0 Å². The lowest BCUT2D eigenvalue weighted by Crippen LogP contribution is -2.02. The molecule has 1 atom stereocenters. The fourth-order valence-electron chi connectivity index (χ4n) is 1.65. The van der Waals surface area contributed by atoms with Gasteiger partial charge in [-0.2, -0.15) is 0 Å². The van der Waals surface area contributed by atoms with Gasteiger partial charge in [-0.3, -0.25) is 0 Å². The highest BCUT2D eigenvalue weighted by Crippen LogP contribution is 2.33. The number of halogens is 3. The highest BCUT2D eigenvalue weighted by atomic mass is 19.1. The van der Waals surface area contributed by atoms with Gasteiger partial charge in [0.05, 0.1) is 0 Å². The van der Waals surface area contributed by atoms with Crippen LogP contribution in [0.15, 0.2) is 73.4 Å². The third-order valence-electron chi connectivity index (χ3n) is 2.50. The lowest BCUT2D eigenvalue weighted by molar-refractivity contribution is 0.596. The van der Waals surface area contributed by atoms with Crippen LogP contribution in [-0.2, 0) is 0 Å². The zero-order valence-corrected chi connectivity index (χ0v) is 9.80. The van der Waals surface area contributed by atoms with Crippen LogP contribution in [0, 0.1) is 5.82 Å². The van der Waals surface area contributed by atoms with E-state index >= 15 is 0 Å². The topological polar surface area (TPSA) is 0 Å². The molecule has 0 aliphatic heterocycles. The molecule has 1 rings (SSSR count). The van der Waals surface area contributed by atoms with Crippen molar-refractivity contribution >= 4 is 0 Å². The summed E-state index contributed by atoms with van der Waals surface area (Å²) in [4.78, 5) is 0. The molecule has 3 heteroatoms. The zero-order valence-electron chi connectivity index (χ0n) is 9.80. The van der Waals surface area contributed by atoms with Crippen LogP contribution in [0.1, 0.15) is 11.5 Å². The highest BCUT2D eigenvalue weighted by molar-refractivity contribution is 5.44. The Hall–Kier alpha value is -2.03. The average molecular weight is 250 g/mol. The molecular weight excluding hydrogens is 237 g/mol. The van der Waals surface area contributed by atoms with E-state index in [2.05, 4.69) is 19.7 Å². The van der Waals surface area contributed by atoms with Gasteiger partial charge in [-0.05, 0) is 23.8 Å². The van der Waals surface area contributed by atoms with E-state index in [9.17, 15) is 13.2 Å². The SMILES string of the molecule is C=C/C(F)=C(\C(=C)F)C(C=C)c1ccc(F)cc1. The van der Waals surface area contributed by atoms with Gasteiger partial charge in [0, 0.05) is 11.5 Å². The minimum absolute atomic E-state index is 0.244. The Morgan fingerprint density at radius 3 is 2.06 bits per heavy atom. The molecule has 0 nitrogen and oxygen atoms in total. The van der Waals surface area contributed by atoms with Gasteiger partial charge in [0.2, 0.25) is 0 Å². The summed E-state index contributed by atoms with van der Waals surface area (Å²) in [5.74, 6) is -2.87. The number of hydrogen-bond donors (Lipinski definition) is 0. The molecule has 0 amide bonds. The van der Waals surface area contributed by atoms with E-state index in [4.69, 9.17) is 0 Å². The molecule has 0 aliphatic rings. The molecule has 0 N–H and O–H groups in total. The molecule has 0 aromatic heterocycles. The molecule has 0 radical (unpaired) electrons. The van der Waals surface area contributed by atoms with Gasteiger partial charge in [0.25, 0.3) is 0 Å². The standard InChI is InChI=1S/C15H13F3/c1-4-13(11-6-8-12(17)9-7-11)15(10(3)16)14(18)5-2/h4-9,13H,1-3H2/b15-14-. The minimum atomic E-state index is -0.901. The van der Waals surface area contributed by atoms with Crippen LogP contribution >= 0.6 is 0 Å². The monoisotopic (exact) mass is 250 g/mol. The summed E-state index contributed by atoms with van der Waals surface area (Å²) in [7, 11) is 0. The lowest BCUT2D eigenvalue weighted by Gasteiger charge is -2.16. The van der Waals surface area contributed by atoms with Crippen molar-refractivity contribution in [1.29, 1.82) is 0 Å². The van der Waals surface area contributed by atoms with E-state index < -0.39 is 23.4 Å². The first kappa shape index (κ1) is 14.0. The second-order valence-electron chi connectivity index (χ2n) is 3.64. The van der Waals surface area contributed by atoms with E-state index in [0.717, 1.165) is 6.08 Å². The zero-order chi connectivity index (χ0) is 13.7. The Bertz CT molecular complexity index is 495. The van der Waals surface area contributed by atoms with Crippen molar-refractivity contribution in [1.82, 2.24) is 0 Å². The van der Waals surface area contributed by atoms with E-state index in [1.807, 2.05) is 0 Å². The van der Waals surface area contributed by atoms with Crippen molar-refractivity contribution in [2.45, 2.75) is 5.92 Å². The first-order valence-electron chi connectivity index (χ1n) is 5.26. The van der Waals surface area contributed by atoms with Crippen LogP contribution in [0.25, 0.3) is 0 Å². The van der Waals surface area contributed by atoms with Gasteiger partial charge in [0.15, 0.2) is 0 Å². The molecule has 18 heavy (non-hydrogen) atoms. The summed E-state index contributed by atoms with van der Waals surface area (Å²) in [5.41, 5.74) is 0.281.